The Morgan fingerprint density at radius 1 is 1.19 bits per heavy atom. The van der Waals surface area contributed by atoms with E-state index < -0.39 is 27.0 Å². The van der Waals surface area contributed by atoms with E-state index in [2.05, 4.69) is 15.9 Å². The number of rotatable bonds is 2. The molecular weight excluding hydrogens is 360 g/mol. The molecule has 1 spiro atoms. The Morgan fingerprint density at radius 3 is 2.43 bits per heavy atom. The van der Waals surface area contributed by atoms with Crippen molar-refractivity contribution in [3.05, 3.63) is 28.7 Å². The van der Waals surface area contributed by atoms with E-state index in [1.807, 2.05) is 0 Å². The average Bonchev–Trinajstić information content (AvgIpc) is 2.91. The Bertz CT molecular complexity index is 607. The van der Waals surface area contributed by atoms with Gasteiger partial charge in [-0.25, -0.2) is 8.42 Å². The summed E-state index contributed by atoms with van der Waals surface area (Å²) >= 11 is 3.28. The number of ether oxygens (including phenoxy) is 2. The van der Waals surface area contributed by atoms with Crippen LogP contribution in [0, 0.1) is 0 Å². The van der Waals surface area contributed by atoms with Crippen LogP contribution in [0.25, 0.3) is 0 Å². The fourth-order valence-corrected chi connectivity index (χ4v) is 5.13. The summed E-state index contributed by atoms with van der Waals surface area (Å²) < 4.78 is 37.5. The van der Waals surface area contributed by atoms with Gasteiger partial charge < -0.3 is 14.6 Å². The standard InChI is InChI=1S/C14H17BrO5S/c15-10-1-3-11(4-2-10)21(17,18)13-9-14(6-5-12(13)16)19-7-8-20-14/h1-4,12-13,16H,5-9H2. The Kier molecular flexibility index (Phi) is 4.13. The zero-order valence-electron chi connectivity index (χ0n) is 11.4. The number of hydrogen-bond acceptors (Lipinski definition) is 5. The molecule has 1 aromatic rings. The van der Waals surface area contributed by atoms with Crippen LogP contribution in [0.1, 0.15) is 19.3 Å². The molecule has 0 aromatic heterocycles. The molecule has 1 saturated heterocycles. The van der Waals surface area contributed by atoms with Gasteiger partial charge in [-0.1, -0.05) is 15.9 Å². The molecule has 0 bridgehead atoms. The minimum absolute atomic E-state index is 0.173. The maximum absolute atomic E-state index is 12.8. The lowest BCUT2D eigenvalue weighted by atomic mass is 9.91. The van der Waals surface area contributed by atoms with Crippen molar-refractivity contribution in [2.75, 3.05) is 13.2 Å². The Morgan fingerprint density at radius 2 is 1.81 bits per heavy atom. The first-order chi connectivity index (χ1) is 9.93. The van der Waals surface area contributed by atoms with Gasteiger partial charge in [0.1, 0.15) is 0 Å². The van der Waals surface area contributed by atoms with Crippen molar-refractivity contribution < 1.29 is 23.0 Å². The van der Waals surface area contributed by atoms with Crippen molar-refractivity contribution in [2.45, 2.75) is 41.3 Å². The molecule has 2 unspecified atom stereocenters. The summed E-state index contributed by atoms with van der Waals surface area (Å²) in [7, 11) is -3.62. The van der Waals surface area contributed by atoms with Gasteiger partial charge in [0.05, 0.1) is 29.5 Å². The van der Waals surface area contributed by atoms with Gasteiger partial charge in [0.15, 0.2) is 15.6 Å². The molecule has 3 rings (SSSR count). The van der Waals surface area contributed by atoms with E-state index in [0.29, 0.717) is 26.1 Å². The van der Waals surface area contributed by atoms with Crippen molar-refractivity contribution in [1.82, 2.24) is 0 Å². The zero-order valence-corrected chi connectivity index (χ0v) is 13.8. The Balaban J connectivity index is 1.91. The van der Waals surface area contributed by atoms with Crippen molar-refractivity contribution in [1.29, 1.82) is 0 Å². The van der Waals surface area contributed by atoms with E-state index in [1.54, 1.807) is 24.3 Å². The minimum Gasteiger partial charge on any atom is -0.392 e. The normalized spacial score (nSPS) is 28.9. The first-order valence-corrected chi connectivity index (χ1v) is 9.22. The zero-order chi connectivity index (χ0) is 15.1. The molecule has 2 aliphatic rings. The highest BCUT2D eigenvalue weighted by Crippen LogP contribution is 2.40. The fraction of sp³-hybridized carbons (Fsp3) is 0.571. The highest BCUT2D eigenvalue weighted by atomic mass is 79.9. The molecule has 1 aliphatic carbocycles. The fourth-order valence-electron chi connectivity index (χ4n) is 2.97. The van der Waals surface area contributed by atoms with Gasteiger partial charge in [-0.2, -0.15) is 0 Å². The maximum atomic E-state index is 12.8. The number of aliphatic hydroxyl groups excluding tert-OH is 1. The number of aliphatic hydroxyl groups is 1. The van der Waals surface area contributed by atoms with Gasteiger partial charge in [-0.15, -0.1) is 0 Å². The second-order valence-corrected chi connectivity index (χ2v) is 8.54. The van der Waals surface area contributed by atoms with Crippen LogP contribution in [-0.2, 0) is 19.3 Å². The van der Waals surface area contributed by atoms with Crippen LogP contribution in [0.5, 0.6) is 0 Å². The molecule has 1 N–H and O–H groups in total. The largest absolute Gasteiger partial charge is 0.392 e. The van der Waals surface area contributed by atoms with Crippen LogP contribution in [-0.4, -0.2) is 43.9 Å². The third kappa shape index (κ3) is 2.90. The summed E-state index contributed by atoms with van der Waals surface area (Å²) in [6, 6.07) is 6.45. The molecule has 2 atom stereocenters. The summed E-state index contributed by atoms with van der Waals surface area (Å²) in [6.45, 7) is 0.947. The Labute approximate surface area is 132 Å². The smallest absolute Gasteiger partial charge is 0.183 e. The third-order valence-electron chi connectivity index (χ3n) is 4.12. The molecule has 1 aliphatic heterocycles. The van der Waals surface area contributed by atoms with Gasteiger partial charge in [0.25, 0.3) is 0 Å². The summed E-state index contributed by atoms with van der Waals surface area (Å²) in [4.78, 5) is 0.213. The molecule has 0 radical (unpaired) electrons. The number of benzene rings is 1. The average molecular weight is 377 g/mol. The van der Waals surface area contributed by atoms with Crippen molar-refractivity contribution in [3.8, 4) is 0 Å². The summed E-state index contributed by atoms with van der Waals surface area (Å²) in [5.74, 6) is -0.841. The summed E-state index contributed by atoms with van der Waals surface area (Å²) in [5.41, 5.74) is 0. The second-order valence-electron chi connectivity index (χ2n) is 5.46. The van der Waals surface area contributed by atoms with Crippen LogP contribution in [0.15, 0.2) is 33.6 Å². The molecule has 5 nitrogen and oxygen atoms in total. The van der Waals surface area contributed by atoms with Crippen LogP contribution in [0.4, 0.5) is 0 Å². The highest BCUT2D eigenvalue weighted by molar-refractivity contribution is 9.10. The van der Waals surface area contributed by atoms with Gasteiger partial charge in [-0.05, 0) is 30.7 Å². The van der Waals surface area contributed by atoms with Gasteiger partial charge in [0.2, 0.25) is 0 Å². The number of sulfone groups is 1. The lowest BCUT2D eigenvalue weighted by molar-refractivity contribution is -0.186. The molecule has 2 fully saturated rings. The number of hydrogen-bond donors (Lipinski definition) is 1. The van der Waals surface area contributed by atoms with Gasteiger partial charge in [-0.3, -0.25) is 0 Å². The summed E-state index contributed by atoms with van der Waals surface area (Å²) in [5, 5.41) is 9.27. The SMILES string of the molecule is O=S(=O)(c1ccc(Br)cc1)C1CC2(CCC1O)OCCO2. The minimum atomic E-state index is -3.62. The van der Waals surface area contributed by atoms with Crippen LogP contribution >= 0.6 is 15.9 Å². The Hall–Kier alpha value is -0.470. The molecule has 0 amide bonds. The predicted molar refractivity (Wildman–Crippen MR) is 79.6 cm³/mol. The van der Waals surface area contributed by atoms with E-state index in [1.165, 1.54) is 0 Å². The molecule has 1 heterocycles. The van der Waals surface area contributed by atoms with E-state index in [0.717, 1.165) is 4.47 Å². The summed E-state index contributed by atoms with van der Waals surface area (Å²) in [6.07, 6.45) is 0.171. The molecule has 1 saturated carbocycles. The van der Waals surface area contributed by atoms with E-state index in [9.17, 15) is 13.5 Å². The molecule has 116 valence electrons. The van der Waals surface area contributed by atoms with Crippen LogP contribution < -0.4 is 0 Å². The van der Waals surface area contributed by atoms with Crippen molar-refractivity contribution in [3.63, 3.8) is 0 Å². The topological polar surface area (TPSA) is 72.8 Å². The quantitative estimate of drug-likeness (QED) is 0.852. The predicted octanol–water partition coefficient (Wildman–Crippen LogP) is 1.88. The lowest BCUT2D eigenvalue weighted by Crippen LogP contribution is -2.48. The van der Waals surface area contributed by atoms with E-state index in [4.69, 9.17) is 9.47 Å². The lowest BCUT2D eigenvalue weighted by Gasteiger charge is -2.38. The molecule has 1 aromatic carbocycles. The number of halogens is 1. The van der Waals surface area contributed by atoms with Crippen molar-refractivity contribution in [2.24, 2.45) is 0 Å². The van der Waals surface area contributed by atoms with Gasteiger partial charge in [0, 0.05) is 17.3 Å². The van der Waals surface area contributed by atoms with Crippen molar-refractivity contribution >= 4 is 25.8 Å². The van der Waals surface area contributed by atoms with Gasteiger partial charge >= 0.3 is 0 Å². The van der Waals surface area contributed by atoms with E-state index >= 15 is 0 Å². The first-order valence-electron chi connectivity index (χ1n) is 6.88. The molecule has 7 heteroatoms. The van der Waals surface area contributed by atoms with Crippen LogP contribution in [0.2, 0.25) is 0 Å². The molecular formula is C14H17BrO5S. The molecule has 21 heavy (non-hydrogen) atoms. The third-order valence-corrected chi connectivity index (χ3v) is 6.85. The first kappa shape index (κ1) is 15.4. The monoisotopic (exact) mass is 376 g/mol. The highest BCUT2D eigenvalue weighted by Gasteiger charge is 2.49. The second kappa shape index (κ2) is 5.62. The maximum Gasteiger partial charge on any atom is 0.183 e. The van der Waals surface area contributed by atoms with Crippen LogP contribution in [0.3, 0.4) is 0 Å². The van der Waals surface area contributed by atoms with E-state index in [-0.39, 0.29) is 11.3 Å².